The second-order valence-corrected chi connectivity index (χ2v) is 8.13. The minimum absolute atomic E-state index is 0.0345. The summed E-state index contributed by atoms with van der Waals surface area (Å²) in [6.45, 7) is 4.34. The SMILES string of the molecule is C=CCNc1ccccc1C(=O)NC12CC3CC(CC(O)(C3)C1)C2. The summed E-state index contributed by atoms with van der Waals surface area (Å²) in [5, 5.41) is 17.4. The lowest BCUT2D eigenvalue weighted by molar-refractivity contribution is -0.139. The molecule has 4 aliphatic rings. The van der Waals surface area contributed by atoms with E-state index >= 15 is 0 Å². The van der Waals surface area contributed by atoms with Crippen LogP contribution in [0.3, 0.4) is 0 Å². The van der Waals surface area contributed by atoms with Crippen LogP contribution in [0.5, 0.6) is 0 Å². The Bertz CT molecular complexity index is 655. The van der Waals surface area contributed by atoms with Crippen molar-refractivity contribution in [2.45, 2.75) is 49.7 Å². The smallest absolute Gasteiger partial charge is 0.253 e. The van der Waals surface area contributed by atoms with Crippen LogP contribution in [-0.2, 0) is 0 Å². The van der Waals surface area contributed by atoms with Gasteiger partial charge in [0, 0.05) is 17.8 Å². The number of amides is 1. The lowest BCUT2D eigenvalue weighted by atomic mass is 9.51. The van der Waals surface area contributed by atoms with E-state index in [2.05, 4.69) is 17.2 Å². The standard InChI is InChI=1S/C20H26N2O2/c1-2-7-21-17-6-4-3-5-16(17)18(23)22-19-9-14-8-15(10-19)12-20(24,11-14)13-19/h2-6,14-15,21,24H,1,7-13H2,(H,22,23). The summed E-state index contributed by atoms with van der Waals surface area (Å²) in [7, 11) is 0. The minimum Gasteiger partial charge on any atom is -0.390 e. The number of benzene rings is 1. The van der Waals surface area contributed by atoms with E-state index in [0.29, 0.717) is 30.4 Å². The van der Waals surface area contributed by atoms with Gasteiger partial charge in [-0.25, -0.2) is 0 Å². The number of hydrogen-bond acceptors (Lipinski definition) is 3. The zero-order chi connectivity index (χ0) is 16.8. The van der Waals surface area contributed by atoms with Crippen LogP contribution in [0.1, 0.15) is 48.9 Å². The first-order valence-corrected chi connectivity index (χ1v) is 9.00. The number of anilines is 1. The Balaban J connectivity index is 1.55. The van der Waals surface area contributed by atoms with Crippen molar-refractivity contribution in [2.75, 3.05) is 11.9 Å². The van der Waals surface area contributed by atoms with Crippen molar-refractivity contribution in [3.63, 3.8) is 0 Å². The molecular formula is C20H26N2O2. The molecule has 4 saturated carbocycles. The van der Waals surface area contributed by atoms with Crippen molar-refractivity contribution < 1.29 is 9.90 Å². The molecule has 1 amide bonds. The van der Waals surface area contributed by atoms with Gasteiger partial charge in [0.1, 0.15) is 0 Å². The molecule has 1 aromatic carbocycles. The fraction of sp³-hybridized carbons (Fsp3) is 0.550. The number of carbonyl (C=O) groups excluding carboxylic acids is 1. The molecule has 3 N–H and O–H groups in total. The first-order valence-electron chi connectivity index (χ1n) is 9.00. The number of aliphatic hydroxyl groups is 1. The maximum Gasteiger partial charge on any atom is 0.253 e. The number of hydrogen-bond donors (Lipinski definition) is 3. The lowest BCUT2D eigenvalue weighted by Crippen LogP contribution is -2.65. The van der Waals surface area contributed by atoms with Gasteiger partial charge < -0.3 is 15.7 Å². The Kier molecular flexibility index (Phi) is 3.68. The summed E-state index contributed by atoms with van der Waals surface area (Å²) in [6, 6.07) is 7.60. The van der Waals surface area contributed by atoms with E-state index < -0.39 is 5.60 Å². The Morgan fingerprint density at radius 2 is 1.96 bits per heavy atom. The molecule has 2 atom stereocenters. The number of nitrogens with one attached hydrogen (secondary N) is 2. The largest absolute Gasteiger partial charge is 0.390 e. The van der Waals surface area contributed by atoms with Gasteiger partial charge in [-0.1, -0.05) is 18.2 Å². The maximum atomic E-state index is 13.0. The Labute approximate surface area is 143 Å². The second-order valence-electron chi connectivity index (χ2n) is 8.13. The molecule has 0 spiro atoms. The first kappa shape index (κ1) is 15.7. The van der Waals surface area contributed by atoms with Crippen LogP contribution in [0.2, 0.25) is 0 Å². The third-order valence-corrected chi connectivity index (χ3v) is 6.02. The normalized spacial score (nSPS) is 36.4. The highest BCUT2D eigenvalue weighted by Gasteiger charge is 2.57. The Morgan fingerprint density at radius 3 is 2.62 bits per heavy atom. The Hall–Kier alpha value is -1.81. The van der Waals surface area contributed by atoms with Gasteiger partial charge in [0.25, 0.3) is 5.91 Å². The molecule has 0 aliphatic heterocycles. The third kappa shape index (κ3) is 2.73. The van der Waals surface area contributed by atoms with E-state index in [1.54, 1.807) is 6.08 Å². The average Bonchev–Trinajstić information content (AvgIpc) is 2.50. The minimum atomic E-state index is -0.558. The van der Waals surface area contributed by atoms with Crippen molar-refractivity contribution in [3.8, 4) is 0 Å². The van der Waals surface area contributed by atoms with Crippen molar-refractivity contribution >= 4 is 11.6 Å². The van der Waals surface area contributed by atoms with Crippen LogP contribution in [0.25, 0.3) is 0 Å². The molecule has 4 aliphatic carbocycles. The molecule has 128 valence electrons. The molecule has 1 aromatic rings. The maximum absolute atomic E-state index is 13.0. The van der Waals surface area contributed by atoms with Crippen molar-refractivity contribution in [1.29, 1.82) is 0 Å². The summed E-state index contributed by atoms with van der Waals surface area (Å²) in [5.41, 5.74) is 0.722. The molecule has 5 rings (SSSR count). The van der Waals surface area contributed by atoms with Crippen molar-refractivity contribution in [1.82, 2.24) is 5.32 Å². The monoisotopic (exact) mass is 326 g/mol. The van der Waals surface area contributed by atoms with Gasteiger partial charge in [-0.3, -0.25) is 4.79 Å². The zero-order valence-corrected chi connectivity index (χ0v) is 14.1. The molecule has 4 heteroatoms. The van der Waals surface area contributed by atoms with E-state index in [0.717, 1.165) is 31.4 Å². The summed E-state index contributed by atoms with van der Waals surface area (Å²) in [4.78, 5) is 13.0. The molecular weight excluding hydrogens is 300 g/mol. The molecule has 0 saturated heterocycles. The van der Waals surface area contributed by atoms with Gasteiger partial charge >= 0.3 is 0 Å². The van der Waals surface area contributed by atoms with E-state index in [1.165, 1.54) is 6.42 Å². The quantitative estimate of drug-likeness (QED) is 0.729. The summed E-state index contributed by atoms with van der Waals surface area (Å²) in [5.74, 6) is 1.09. The van der Waals surface area contributed by atoms with E-state index in [9.17, 15) is 9.90 Å². The third-order valence-electron chi connectivity index (χ3n) is 6.02. The van der Waals surface area contributed by atoms with Gasteiger partial charge in [0.15, 0.2) is 0 Å². The fourth-order valence-electron chi connectivity index (χ4n) is 5.69. The average molecular weight is 326 g/mol. The van der Waals surface area contributed by atoms with Crippen LogP contribution in [0.15, 0.2) is 36.9 Å². The predicted molar refractivity (Wildman–Crippen MR) is 95.0 cm³/mol. The summed E-state index contributed by atoms with van der Waals surface area (Å²) >= 11 is 0. The van der Waals surface area contributed by atoms with Crippen LogP contribution >= 0.6 is 0 Å². The van der Waals surface area contributed by atoms with E-state index in [-0.39, 0.29) is 11.4 Å². The van der Waals surface area contributed by atoms with E-state index in [1.807, 2.05) is 24.3 Å². The van der Waals surface area contributed by atoms with Crippen LogP contribution in [-0.4, -0.2) is 28.7 Å². The van der Waals surface area contributed by atoms with Crippen LogP contribution in [0.4, 0.5) is 5.69 Å². The molecule has 0 heterocycles. The Morgan fingerprint density at radius 1 is 1.25 bits per heavy atom. The van der Waals surface area contributed by atoms with Crippen molar-refractivity contribution in [2.24, 2.45) is 11.8 Å². The lowest BCUT2D eigenvalue weighted by Gasteiger charge is -2.60. The zero-order valence-electron chi connectivity index (χ0n) is 14.1. The fourth-order valence-corrected chi connectivity index (χ4v) is 5.69. The highest BCUT2D eigenvalue weighted by Crippen LogP contribution is 2.57. The highest BCUT2D eigenvalue weighted by atomic mass is 16.3. The van der Waals surface area contributed by atoms with Gasteiger partial charge in [0.05, 0.1) is 11.2 Å². The topological polar surface area (TPSA) is 61.4 Å². The molecule has 0 radical (unpaired) electrons. The molecule has 4 nitrogen and oxygen atoms in total. The van der Waals surface area contributed by atoms with Gasteiger partial charge in [-0.15, -0.1) is 6.58 Å². The molecule has 0 aromatic heterocycles. The summed E-state index contributed by atoms with van der Waals surface area (Å²) in [6.07, 6.45) is 7.57. The van der Waals surface area contributed by atoms with Gasteiger partial charge in [-0.05, 0) is 62.5 Å². The number of carbonyl (C=O) groups is 1. The predicted octanol–water partition coefficient (Wildman–Crippen LogP) is 3.10. The number of para-hydroxylation sites is 1. The number of rotatable bonds is 5. The summed E-state index contributed by atoms with van der Waals surface area (Å²) < 4.78 is 0. The van der Waals surface area contributed by atoms with Gasteiger partial charge in [-0.2, -0.15) is 0 Å². The van der Waals surface area contributed by atoms with Crippen LogP contribution in [0, 0.1) is 11.8 Å². The second kappa shape index (κ2) is 5.62. The van der Waals surface area contributed by atoms with E-state index in [4.69, 9.17) is 0 Å². The molecule has 4 fully saturated rings. The highest BCUT2D eigenvalue weighted by molar-refractivity contribution is 6.00. The van der Waals surface area contributed by atoms with Gasteiger partial charge in [0.2, 0.25) is 0 Å². The molecule has 4 bridgehead atoms. The molecule has 2 unspecified atom stereocenters. The first-order chi connectivity index (χ1) is 11.5. The van der Waals surface area contributed by atoms with Crippen molar-refractivity contribution in [3.05, 3.63) is 42.5 Å². The van der Waals surface area contributed by atoms with Crippen LogP contribution < -0.4 is 10.6 Å². The molecule has 24 heavy (non-hydrogen) atoms.